The average Bonchev–Trinajstić information content (AvgIpc) is 2.41. The normalized spacial score (nSPS) is 24.4. The van der Waals surface area contributed by atoms with Gasteiger partial charge in [-0.25, -0.2) is 0 Å². The van der Waals surface area contributed by atoms with Gasteiger partial charge in [-0.1, -0.05) is 20.3 Å². The summed E-state index contributed by atoms with van der Waals surface area (Å²) in [6.45, 7) is 6.26. The van der Waals surface area contributed by atoms with Gasteiger partial charge in [0.25, 0.3) is 0 Å². The number of hydrogen-bond donors (Lipinski definition) is 2. The van der Waals surface area contributed by atoms with E-state index in [0.717, 1.165) is 32.4 Å². The zero-order valence-corrected chi connectivity index (χ0v) is 10.0. The Bertz CT molecular complexity index is 194. The number of carbonyl (C=O) groups excluding carboxylic acids is 1. The van der Waals surface area contributed by atoms with E-state index in [4.69, 9.17) is 0 Å². The third kappa shape index (κ3) is 4.65. The van der Waals surface area contributed by atoms with Crippen LogP contribution in [0.25, 0.3) is 0 Å². The molecule has 0 bridgehead atoms. The number of carbonyl (C=O) groups is 1. The lowest BCUT2D eigenvalue weighted by atomic mass is 10.0. The van der Waals surface area contributed by atoms with E-state index in [9.17, 15) is 4.79 Å². The van der Waals surface area contributed by atoms with Crippen LogP contribution in [0, 0.1) is 5.92 Å². The fraction of sp³-hybridized carbons (Fsp3) is 0.917. The van der Waals surface area contributed by atoms with Crippen LogP contribution in [-0.4, -0.2) is 25.0 Å². The Morgan fingerprint density at radius 1 is 1.53 bits per heavy atom. The van der Waals surface area contributed by atoms with Crippen LogP contribution in [-0.2, 0) is 4.79 Å². The first-order valence-corrected chi connectivity index (χ1v) is 6.25. The van der Waals surface area contributed by atoms with E-state index in [1.807, 2.05) is 0 Å². The second kappa shape index (κ2) is 6.83. The van der Waals surface area contributed by atoms with Crippen molar-refractivity contribution in [2.75, 3.05) is 13.1 Å². The van der Waals surface area contributed by atoms with Gasteiger partial charge in [-0.05, 0) is 38.1 Å². The molecule has 88 valence electrons. The first-order chi connectivity index (χ1) is 7.24. The molecule has 1 heterocycles. The maximum Gasteiger partial charge on any atom is 0.237 e. The van der Waals surface area contributed by atoms with Gasteiger partial charge in [0, 0.05) is 6.54 Å². The number of nitrogens with one attached hydrogen (secondary N) is 2. The lowest BCUT2D eigenvalue weighted by Crippen LogP contribution is -2.44. The predicted molar refractivity (Wildman–Crippen MR) is 62.7 cm³/mol. The molecule has 1 saturated heterocycles. The average molecular weight is 212 g/mol. The molecule has 0 radical (unpaired) electrons. The Hall–Kier alpha value is -0.570. The maximum absolute atomic E-state index is 11.6. The summed E-state index contributed by atoms with van der Waals surface area (Å²) in [6.07, 6.45) is 5.72. The molecule has 3 heteroatoms. The van der Waals surface area contributed by atoms with Crippen LogP contribution < -0.4 is 10.6 Å². The highest BCUT2D eigenvalue weighted by Gasteiger charge is 2.19. The van der Waals surface area contributed by atoms with E-state index in [1.54, 1.807) is 0 Å². The van der Waals surface area contributed by atoms with Crippen molar-refractivity contribution in [1.82, 2.24) is 10.6 Å². The summed E-state index contributed by atoms with van der Waals surface area (Å²) in [5.74, 6) is 0.863. The first kappa shape index (κ1) is 12.5. The molecule has 1 rings (SSSR count). The minimum atomic E-state index is 0.0480. The Balaban J connectivity index is 2.26. The highest BCUT2D eigenvalue weighted by atomic mass is 16.2. The largest absolute Gasteiger partial charge is 0.355 e. The fourth-order valence-electron chi connectivity index (χ4n) is 2.07. The van der Waals surface area contributed by atoms with E-state index in [0.29, 0.717) is 5.92 Å². The highest BCUT2D eigenvalue weighted by molar-refractivity contribution is 5.81. The van der Waals surface area contributed by atoms with E-state index in [1.165, 1.54) is 12.8 Å². The second-order valence-corrected chi connectivity index (χ2v) is 4.64. The minimum Gasteiger partial charge on any atom is -0.355 e. The van der Waals surface area contributed by atoms with Crippen LogP contribution in [0.5, 0.6) is 0 Å². The second-order valence-electron chi connectivity index (χ2n) is 4.64. The zero-order chi connectivity index (χ0) is 11.1. The lowest BCUT2D eigenvalue weighted by Gasteiger charge is -2.18. The molecule has 0 aromatic heterocycles. The van der Waals surface area contributed by atoms with Crippen LogP contribution in [0.2, 0.25) is 0 Å². The molecule has 1 aliphatic heterocycles. The van der Waals surface area contributed by atoms with Gasteiger partial charge in [0.15, 0.2) is 0 Å². The molecule has 1 fully saturated rings. The summed E-state index contributed by atoms with van der Waals surface area (Å²) in [7, 11) is 0. The smallest absolute Gasteiger partial charge is 0.237 e. The van der Waals surface area contributed by atoms with Crippen molar-refractivity contribution in [2.45, 2.75) is 52.0 Å². The van der Waals surface area contributed by atoms with Crippen molar-refractivity contribution >= 4 is 5.91 Å². The molecule has 3 nitrogen and oxygen atoms in total. The molecule has 2 N–H and O–H groups in total. The van der Waals surface area contributed by atoms with Crippen LogP contribution >= 0.6 is 0 Å². The van der Waals surface area contributed by atoms with E-state index in [-0.39, 0.29) is 11.9 Å². The van der Waals surface area contributed by atoms with Crippen molar-refractivity contribution in [2.24, 2.45) is 5.92 Å². The molecule has 0 aromatic carbocycles. The molecule has 2 atom stereocenters. The number of hydrogen-bond acceptors (Lipinski definition) is 2. The minimum absolute atomic E-state index is 0.0480. The molecule has 2 unspecified atom stereocenters. The quantitative estimate of drug-likeness (QED) is 0.728. The third-order valence-electron chi connectivity index (χ3n) is 3.03. The van der Waals surface area contributed by atoms with Gasteiger partial charge in [-0.2, -0.15) is 0 Å². The SMILES string of the molecule is CCCC(C)CNC1CCCCNC1=O. The summed E-state index contributed by atoms with van der Waals surface area (Å²) in [5, 5.41) is 6.33. The summed E-state index contributed by atoms with van der Waals surface area (Å²) < 4.78 is 0. The van der Waals surface area contributed by atoms with Gasteiger partial charge in [0.1, 0.15) is 0 Å². The van der Waals surface area contributed by atoms with Gasteiger partial charge < -0.3 is 10.6 Å². The van der Waals surface area contributed by atoms with Crippen molar-refractivity contribution < 1.29 is 4.79 Å². The van der Waals surface area contributed by atoms with E-state index >= 15 is 0 Å². The summed E-state index contributed by atoms with van der Waals surface area (Å²) in [5.41, 5.74) is 0. The van der Waals surface area contributed by atoms with Gasteiger partial charge in [0.05, 0.1) is 6.04 Å². The number of amides is 1. The predicted octanol–water partition coefficient (Wildman–Crippen LogP) is 1.68. The number of rotatable bonds is 5. The fourth-order valence-corrected chi connectivity index (χ4v) is 2.07. The molecule has 15 heavy (non-hydrogen) atoms. The Morgan fingerprint density at radius 2 is 2.33 bits per heavy atom. The van der Waals surface area contributed by atoms with Gasteiger partial charge >= 0.3 is 0 Å². The van der Waals surface area contributed by atoms with E-state index in [2.05, 4.69) is 24.5 Å². The molecular formula is C12H24N2O. The summed E-state index contributed by atoms with van der Waals surface area (Å²) >= 11 is 0. The standard InChI is InChI=1S/C12H24N2O/c1-3-6-10(2)9-14-11-7-4-5-8-13-12(11)15/h10-11,14H,3-9H2,1-2H3,(H,13,15). The van der Waals surface area contributed by atoms with Gasteiger partial charge in [-0.3, -0.25) is 4.79 Å². The first-order valence-electron chi connectivity index (χ1n) is 6.25. The monoisotopic (exact) mass is 212 g/mol. The molecule has 1 aliphatic rings. The third-order valence-corrected chi connectivity index (χ3v) is 3.03. The Kier molecular flexibility index (Phi) is 5.69. The lowest BCUT2D eigenvalue weighted by molar-refractivity contribution is -0.122. The van der Waals surface area contributed by atoms with Gasteiger partial charge in [-0.15, -0.1) is 0 Å². The molecule has 0 saturated carbocycles. The van der Waals surface area contributed by atoms with Crippen LogP contribution in [0.3, 0.4) is 0 Å². The zero-order valence-electron chi connectivity index (χ0n) is 10.0. The Labute approximate surface area is 93.0 Å². The van der Waals surface area contributed by atoms with Crippen molar-refractivity contribution in [3.05, 3.63) is 0 Å². The maximum atomic E-state index is 11.6. The molecule has 0 aliphatic carbocycles. The van der Waals surface area contributed by atoms with Crippen LogP contribution in [0.15, 0.2) is 0 Å². The topological polar surface area (TPSA) is 41.1 Å². The highest BCUT2D eigenvalue weighted by Crippen LogP contribution is 2.08. The molecule has 0 spiro atoms. The Morgan fingerprint density at radius 3 is 3.07 bits per heavy atom. The summed E-state index contributed by atoms with van der Waals surface area (Å²) in [4.78, 5) is 11.6. The van der Waals surface area contributed by atoms with E-state index < -0.39 is 0 Å². The van der Waals surface area contributed by atoms with Crippen molar-refractivity contribution in [3.63, 3.8) is 0 Å². The van der Waals surface area contributed by atoms with Crippen LogP contribution in [0.1, 0.15) is 46.0 Å². The van der Waals surface area contributed by atoms with Crippen molar-refractivity contribution in [1.29, 1.82) is 0 Å². The van der Waals surface area contributed by atoms with Crippen molar-refractivity contribution in [3.8, 4) is 0 Å². The molecule has 1 amide bonds. The van der Waals surface area contributed by atoms with Gasteiger partial charge in [0.2, 0.25) is 5.91 Å². The molecule has 0 aromatic rings. The van der Waals surface area contributed by atoms with Crippen LogP contribution in [0.4, 0.5) is 0 Å². The molecular weight excluding hydrogens is 188 g/mol. The summed E-state index contributed by atoms with van der Waals surface area (Å²) in [6, 6.07) is 0.0480.